The quantitative estimate of drug-likeness (QED) is 0.818. The maximum atomic E-state index is 6.28. The van der Waals surface area contributed by atoms with Gasteiger partial charge in [0.1, 0.15) is 0 Å². The largest absolute Gasteiger partial charge is 0.376 e. The second-order valence-corrected chi connectivity index (χ2v) is 6.96. The van der Waals surface area contributed by atoms with Crippen molar-refractivity contribution in [3.8, 4) is 0 Å². The summed E-state index contributed by atoms with van der Waals surface area (Å²) in [5.41, 5.74) is 2.19. The van der Waals surface area contributed by atoms with E-state index in [1.165, 1.54) is 18.4 Å². The van der Waals surface area contributed by atoms with Crippen molar-refractivity contribution in [2.24, 2.45) is 5.92 Å². The van der Waals surface area contributed by atoms with Crippen LogP contribution < -0.4 is 4.90 Å². The molecule has 0 N–H and O–H groups in total. The molecule has 4 rings (SSSR count). The monoisotopic (exact) mass is 324 g/mol. The Morgan fingerprint density at radius 1 is 1.17 bits per heavy atom. The summed E-state index contributed by atoms with van der Waals surface area (Å²) in [5, 5.41) is 8.63. The van der Waals surface area contributed by atoms with Crippen molar-refractivity contribution in [2.45, 2.75) is 44.8 Å². The van der Waals surface area contributed by atoms with Crippen LogP contribution in [0.4, 0.5) is 5.82 Å². The molecule has 1 aliphatic carbocycles. The fraction of sp³-hybridized carbons (Fsp3) is 0.526. The molecule has 5 heteroatoms. The molecule has 24 heavy (non-hydrogen) atoms. The van der Waals surface area contributed by atoms with Gasteiger partial charge in [0.05, 0.1) is 17.8 Å². The minimum absolute atomic E-state index is 0.258. The van der Waals surface area contributed by atoms with E-state index in [4.69, 9.17) is 4.74 Å². The van der Waals surface area contributed by atoms with Gasteiger partial charge in [-0.1, -0.05) is 6.07 Å². The molecule has 126 valence electrons. The number of ether oxygens (including phenoxy) is 1. The van der Waals surface area contributed by atoms with E-state index >= 15 is 0 Å². The average molecular weight is 324 g/mol. The molecular weight excluding hydrogens is 300 g/mol. The third-order valence-electron chi connectivity index (χ3n) is 4.97. The van der Waals surface area contributed by atoms with Crippen LogP contribution in [0.3, 0.4) is 0 Å². The molecule has 2 aromatic rings. The predicted molar refractivity (Wildman–Crippen MR) is 92.9 cm³/mol. The maximum absolute atomic E-state index is 6.28. The molecule has 0 bridgehead atoms. The first-order valence-corrected chi connectivity index (χ1v) is 8.87. The lowest BCUT2D eigenvalue weighted by Crippen LogP contribution is -2.39. The SMILES string of the molecule is Cc1ccc(N2CC[C@H](OCC3CC3)[C@@H]2Cc2cccnc2)nn1. The molecule has 1 saturated carbocycles. The highest BCUT2D eigenvalue weighted by Gasteiger charge is 2.37. The van der Waals surface area contributed by atoms with E-state index in [1.54, 1.807) is 0 Å². The van der Waals surface area contributed by atoms with Gasteiger partial charge in [-0.15, -0.1) is 5.10 Å². The Labute approximate surface area is 143 Å². The van der Waals surface area contributed by atoms with Crippen LogP contribution in [0, 0.1) is 12.8 Å². The molecule has 3 heterocycles. The number of nitrogens with zero attached hydrogens (tertiary/aromatic N) is 4. The molecule has 1 aliphatic heterocycles. The third kappa shape index (κ3) is 3.56. The molecule has 0 spiro atoms. The van der Waals surface area contributed by atoms with Gasteiger partial charge in [0.2, 0.25) is 0 Å². The topological polar surface area (TPSA) is 51.1 Å². The van der Waals surface area contributed by atoms with E-state index in [2.05, 4.69) is 32.2 Å². The van der Waals surface area contributed by atoms with E-state index in [1.807, 2.05) is 31.5 Å². The van der Waals surface area contributed by atoms with E-state index < -0.39 is 0 Å². The van der Waals surface area contributed by atoms with Gasteiger partial charge in [0.25, 0.3) is 0 Å². The van der Waals surface area contributed by atoms with Crippen molar-refractivity contribution in [1.29, 1.82) is 0 Å². The number of hydrogen-bond acceptors (Lipinski definition) is 5. The predicted octanol–water partition coefficient (Wildman–Crippen LogP) is 2.80. The number of aryl methyl sites for hydroxylation is 1. The van der Waals surface area contributed by atoms with Crippen LogP contribution in [-0.2, 0) is 11.2 Å². The molecular formula is C19H24N4O. The summed E-state index contributed by atoms with van der Waals surface area (Å²) in [7, 11) is 0. The second-order valence-electron chi connectivity index (χ2n) is 6.96. The Balaban J connectivity index is 1.53. The Hall–Kier alpha value is -2.01. The van der Waals surface area contributed by atoms with Crippen molar-refractivity contribution in [2.75, 3.05) is 18.1 Å². The fourth-order valence-electron chi connectivity index (χ4n) is 3.40. The third-order valence-corrected chi connectivity index (χ3v) is 4.97. The van der Waals surface area contributed by atoms with E-state index in [0.29, 0.717) is 6.04 Å². The van der Waals surface area contributed by atoms with Gasteiger partial charge < -0.3 is 9.64 Å². The Morgan fingerprint density at radius 3 is 2.79 bits per heavy atom. The molecule has 0 unspecified atom stereocenters. The number of rotatable bonds is 6. The fourth-order valence-corrected chi connectivity index (χ4v) is 3.40. The van der Waals surface area contributed by atoms with E-state index in [-0.39, 0.29) is 6.10 Å². The molecule has 2 fully saturated rings. The molecule has 2 aromatic heterocycles. The number of aromatic nitrogens is 3. The lowest BCUT2D eigenvalue weighted by molar-refractivity contribution is 0.0407. The minimum Gasteiger partial charge on any atom is -0.376 e. The first-order chi connectivity index (χ1) is 11.8. The number of pyridine rings is 1. The van der Waals surface area contributed by atoms with Crippen molar-refractivity contribution >= 4 is 5.82 Å². The van der Waals surface area contributed by atoms with Crippen LogP contribution >= 0.6 is 0 Å². The van der Waals surface area contributed by atoms with Crippen molar-refractivity contribution in [3.63, 3.8) is 0 Å². The lowest BCUT2D eigenvalue weighted by atomic mass is 10.0. The van der Waals surface area contributed by atoms with Gasteiger partial charge in [-0.3, -0.25) is 4.98 Å². The highest BCUT2D eigenvalue weighted by atomic mass is 16.5. The minimum atomic E-state index is 0.258. The van der Waals surface area contributed by atoms with Gasteiger partial charge in [-0.05, 0) is 62.3 Å². The van der Waals surface area contributed by atoms with E-state index in [9.17, 15) is 0 Å². The summed E-state index contributed by atoms with van der Waals surface area (Å²) in [6.07, 6.45) is 8.66. The normalized spacial score (nSPS) is 23.6. The van der Waals surface area contributed by atoms with Crippen LogP contribution in [0.1, 0.15) is 30.5 Å². The Kier molecular flexibility index (Phi) is 4.43. The Morgan fingerprint density at radius 2 is 2.08 bits per heavy atom. The molecule has 0 radical (unpaired) electrons. The van der Waals surface area contributed by atoms with Crippen molar-refractivity contribution in [1.82, 2.24) is 15.2 Å². The van der Waals surface area contributed by atoms with Crippen LogP contribution in [0.25, 0.3) is 0 Å². The summed E-state index contributed by atoms with van der Waals surface area (Å²) < 4.78 is 6.28. The summed E-state index contributed by atoms with van der Waals surface area (Å²) in [6, 6.07) is 8.54. The van der Waals surface area contributed by atoms with Crippen LogP contribution in [0.5, 0.6) is 0 Å². The number of hydrogen-bond donors (Lipinski definition) is 0. The van der Waals surface area contributed by atoms with Crippen molar-refractivity contribution < 1.29 is 4.74 Å². The molecule has 2 atom stereocenters. The molecule has 1 saturated heterocycles. The summed E-state index contributed by atoms with van der Waals surface area (Å²) in [5.74, 6) is 1.74. The van der Waals surface area contributed by atoms with Gasteiger partial charge >= 0.3 is 0 Å². The summed E-state index contributed by atoms with van der Waals surface area (Å²) in [6.45, 7) is 3.84. The highest BCUT2D eigenvalue weighted by Crippen LogP contribution is 2.33. The van der Waals surface area contributed by atoms with Crippen LogP contribution in [0.2, 0.25) is 0 Å². The first-order valence-electron chi connectivity index (χ1n) is 8.87. The highest BCUT2D eigenvalue weighted by molar-refractivity contribution is 5.41. The summed E-state index contributed by atoms with van der Waals surface area (Å²) >= 11 is 0. The lowest BCUT2D eigenvalue weighted by Gasteiger charge is -2.29. The Bertz CT molecular complexity index is 657. The van der Waals surface area contributed by atoms with Gasteiger partial charge in [0, 0.05) is 25.5 Å². The molecule has 2 aliphatic rings. The van der Waals surface area contributed by atoms with Crippen LogP contribution in [-0.4, -0.2) is 40.5 Å². The smallest absolute Gasteiger partial charge is 0.151 e. The van der Waals surface area contributed by atoms with Gasteiger partial charge in [0.15, 0.2) is 5.82 Å². The zero-order valence-corrected chi connectivity index (χ0v) is 14.1. The zero-order chi connectivity index (χ0) is 16.4. The molecule has 5 nitrogen and oxygen atoms in total. The number of anilines is 1. The van der Waals surface area contributed by atoms with Crippen LogP contribution in [0.15, 0.2) is 36.7 Å². The molecule has 0 amide bonds. The average Bonchev–Trinajstić information content (AvgIpc) is 3.36. The first kappa shape index (κ1) is 15.5. The van der Waals surface area contributed by atoms with Crippen molar-refractivity contribution in [3.05, 3.63) is 47.9 Å². The zero-order valence-electron chi connectivity index (χ0n) is 14.1. The standard InChI is InChI=1S/C19H24N4O/c1-14-4-7-19(22-21-14)23-10-8-18(24-13-15-5-6-15)17(23)11-16-3-2-9-20-12-16/h2-4,7,9,12,15,17-18H,5-6,8,10-11,13H2,1H3/t17-,18-/m0/s1. The van der Waals surface area contributed by atoms with E-state index in [0.717, 1.165) is 43.4 Å². The maximum Gasteiger partial charge on any atom is 0.151 e. The molecule has 0 aromatic carbocycles. The van der Waals surface area contributed by atoms with Gasteiger partial charge in [-0.2, -0.15) is 5.10 Å². The summed E-state index contributed by atoms with van der Waals surface area (Å²) in [4.78, 5) is 6.62. The second kappa shape index (κ2) is 6.85. The van der Waals surface area contributed by atoms with Gasteiger partial charge in [-0.25, -0.2) is 0 Å².